The summed E-state index contributed by atoms with van der Waals surface area (Å²) in [7, 11) is 2.51. The first-order chi connectivity index (χ1) is 10.2. The second-order valence-electron chi connectivity index (χ2n) is 5.14. The molecule has 21 heavy (non-hydrogen) atoms. The number of para-hydroxylation sites is 1. The number of epoxide rings is 1. The predicted molar refractivity (Wildman–Crippen MR) is 84.6 cm³/mol. The lowest BCUT2D eigenvalue weighted by Crippen LogP contribution is -2.43. The maximum absolute atomic E-state index is 5.47. The Balaban J connectivity index is 1.90. The fraction of sp³-hybridized carbons (Fsp3) is 0.600. The molecule has 1 aliphatic rings. The number of anilines is 1. The third-order valence-corrected chi connectivity index (χ3v) is 6.62. The van der Waals surface area contributed by atoms with Crippen LogP contribution < -0.4 is 4.90 Å². The maximum Gasteiger partial charge on any atom is 0.500 e. The Bertz CT molecular complexity index is 401. The lowest BCUT2D eigenvalue weighted by Gasteiger charge is -2.27. The highest BCUT2D eigenvalue weighted by molar-refractivity contribution is 6.60. The highest BCUT2D eigenvalue weighted by atomic mass is 28.4. The number of benzene rings is 1. The van der Waals surface area contributed by atoms with Gasteiger partial charge in [0, 0.05) is 46.2 Å². The van der Waals surface area contributed by atoms with Gasteiger partial charge in [-0.25, -0.2) is 0 Å². The van der Waals surface area contributed by atoms with Gasteiger partial charge in [0.25, 0.3) is 0 Å². The van der Waals surface area contributed by atoms with E-state index in [1.807, 2.05) is 6.07 Å². The zero-order chi connectivity index (χ0) is 15.1. The van der Waals surface area contributed by atoms with Gasteiger partial charge in [0.1, 0.15) is 0 Å². The van der Waals surface area contributed by atoms with Crippen molar-refractivity contribution in [2.75, 3.05) is 45.9 Å². The van der Waals surface area contributed by atoms with Gasteiger partial charge in [0.2, 0.25) is 0 Å². The van der Waals surface area contributed by atoms with Crippen LogP contribution in [-0.4, -0.2) is 55.9 Å². The fourth-order valence-corrected chi connectivity index (χ4v) is 4.13. The quantitative estimate of drug-likeness (QED) is 0.489. The summed E-state index contributed by atoms with van der Waals surface area (Å²) in [5.41, 5.74) is 1.23. The Hall–Kier alpha value is -0.923. The van der Waals surface area contributed by atoms with Gasteiger partial charge in [-0.3, -0.25) is 0 Å². The molecule has 1 fully saturated rings. The summed E-state index contributed by atoms with van der Waals surface area (Å²) in [5, 5.41) is 0. The molecule has 1 unspecified atom stereocenters. The van der Waals surface area contributed by atoms with Gasteiger partial charge < -0.3 is 22.9 Å². The first-order valence-electron chi connectivity index (χ1n) is 7.30. The van der Waals surface area contributed by atoms with Crippen molar-refractivity contribution < 1.29 is 18.0 Å². The zero-order valence-corrected chi connectivity index (χ0v) is 14.1. The van der Waals surface area contributed by atoms with Gasteiger partial charge in [0.05, 0.1) is 12.7 Å². The summed E-state index contributed by atoms with van der Waals surface area (Å²) >= 11 is 0. The summed E-state index contributed by atoms with van der Waals surface area (Å²) < 4.78 is 21.8. The van der Waals surface area contributed by atoms with E-state index < -0.39 is 8.80 Å². The molecular weight excluding hydrogens is 286 g/mol. The molecule has 1 heterocycles. The smallest absolute Gasteiger partial charge is 0.377 e. The molecule has 0 N–H and O–H groups in total. The molecule has 0 spiro atoms. The summed E-state index contributed by atoms with van der Waals surface area (Å²) in [5.74, 6) is 0. The van der Waals surface area contributed by atoms with Crippen molar-refractivity contribution in [1.82, 2.24) is 0 Å². The molecule has 6 heteroatoms. The Labute approximate surface area is 128 Å². The molecule has 1 aromatic carbocycles. The van der Waals surface area contributed by atoms with E-state index in [4.69, 9.17) is 18.0 Å². The number of hydrogen-bond acceptors (Lipinski definition) is 5. The third kappa shape index (κ3) is 4.79. The van der Waals surface area contributed by atoms with Gasteiger partial charge in [-0.1, -0.05) is 18.2 Å². The van der Waals surface area contributed by atoms with Crippen LogP contribution in [0.15, 0.2) is 30.3 Å². The number of hydrogen-bond donors (Lipinski definition) is 0. The van der Waals surface area contributed by atoms with E-state index in [0.29, 0.717) is 6.10 Å². The zero-order valence-electron chi connectivity index (χ0n) is 13.1. The molecule has 1 aromatic rings. The molecule has 0 saturated carbocycles. The largest absolute Gasteiger partial charge is 0.500 e. The van der Waals surface area contributed by atoms with Crippen molar-refractivity contribution in [2.45, 2.75) is 18.6 Å². The summed E-state index contributed by atoms with van der Waals surface area (Å²) in [6, 6.07) is 11.2. The highest BCUT2D eigenvalue weighted by Gasteiger charge is 2.37. The van der Waals surface area contributed by atoms with Gasteiger partial charge in [-0.2, -0.15) is 0 Å². The molecule has 0 amide bonds. The van der Waals surface area contributed by atoms with E-state index >= 15 is 0 Å². The third-order valence-electron chi connectivity index (χ3n) is 3.79. The molecule has 1 aliphatic heterocycles. The molecule has 0 radical (unpaired) electrons. The molecular formula is C15H25NO4Si. The first kappa shape index (κ1) is 16.4. The molecule has 0 aromatic heterocycles. The fourth-order valence-electron chi connectivity index (χ4n) is 2.43. The Morgan fingerprint density at radius 1 is 1.14 bits per heavy atom. The minimum Gasteiger partial charge on any atom is -0.377 e. The molecule has 118 valence electrons. The summed E-state index contributed by atoms with van der Waals surface area (Å²) in [6.07, 6.45) is 1.34. The van der Waals surface area contributed by atoms with Crippen molar-refractivity contribution in [3.63, 3.8) is 0 Å². The molecule has 1 atom stereocenters. The number of rotatable bonds is 10. The van der Waals surface area contributed by atoms with E-state index in [0.717, 1.165) is 32.2 Å². The lowest BCUT2D eigenvalue weighted by molar-refractivity contribution is 0.123. The maximum atomic E-state index is 5.47. The van der Waals surface area contributed by atoms with Gasteiger partial charge in [-0.15, -0.1) is 0 Å². The van der Waals surface area contributed by atoms with Crippen LogP contribution in [-0.2, 0) is 18.0 Å². The molecule has 2 rings (SSSR count). The molecule has 1 saturated heterocycles. The van der Waals surface area contributed by atoms with Crippen molar-refractivity contribution >= 4 is 14.5 Å². The van der Waals surface area contributed by atoms with E-state index in [-0.39, 0.29) is 0 Å². The van der Waals surface area contributed by atoms with E-state index in [1.54, 1.807) is 21.3 Å². The minimum absolute atomic E-state index is 0.375. The van der Waals surface area contributed by atoms with Crippen molar-refractivity contribution in [3.05, 3.63) is 30.3 Å². The number of nitrogens with zero attached hydrogens (tertiary/aromatic N) is 1. The van der Waals surface area contributed by atoms with Crippen LogP contribution in [0, 0.1) is 0 Å². The van der Waals surface area contributed by atoms with Crippen LogP contribution in [0.5, 0.6) is 0 Å². The van der Waals surface area contributed by atoms with Crippen LogP contribution >= 0.6 is 0 Å². The lowest BCUT2D eigenvalue weighted by atomic mass is 10.2. The topological polar surface area (TPSA) is 43.5 Å². The van der Waals surface area contributed by atoms with Crippen molar-refractivity contribution in [1.29, 1.82) is 0 Å². The highest BCUT2D eigenvalue weighted by Crippen LogP contribution is 2.21. The van der Waals surface area contributed by atoms with Crippen molar-refractivity contribution in [2.24, 2.45) is 0 Å². The Morgan fingerprint density at radius 2 is 1.76 bits per heavy atom. The second kappa shape index (κ2) is 7.91. The summed E-state index contributed by atoms with van der Waals surface area (Å²) in [4.78, 5) is 2.36. The van der Waals surface area contributed by atoms with E-state index in [2.05, 4.69) is 29.2 Å². The molecule has 0 bridgehead atoms. The monoisotopic (exact) mass is 311 g/mol. The predicted octanol–water partition coefficient (Wildman–Crippen LogP) is 2.16. The van der Waals surface area contributed by atoms with E-state index in [9.17, 15) is 0 Å². The molecule has 0 aliphatic carbocycles. The van der Waals surface area contributed by atoms with Gasteiger partial charge in [-0.05, 0) is 18.6 Å². The van der Waals surface area contributed by atoms with Gasteiger partial charge >= 0.3 is 8.80 Å². The van der Waals surface area contributed by atoms with Gasteiger partial charge in [0.15, 0.2) is 0 Å². The normalized spacial score (nSPS) is 17.8. The average molecular weight is 311 g/mol. The Kier molecular flexibility index (Phi) is 6.19. The van der Waals surface area contributed by atoms with Crippen LogP contribution in [0.25, 0.3) is 0 Å². The Morgan fingerprint density at radius 3 is 2.29 bits per heavy atom. The van der Waals surface area contributed by atoms with Crippen LogP contribution in [0.1, 0.15) is 6.42 Å². The number of ether oxygens (including phenoxy) is 1. The molecule has 5 nitrogen and oxygen atoms in total. The van der Waals surface area contributed by atoms with E-state index in [1.165, 1.54) is 5.69 Å². The van der Waals surface area contributed by atoms with Crippen molar-refractivity contribution in [3.8, 4) is 0 Å². The van der Waals surface area contributed by atoms with Crippen LogP contribution in [0.2, 0.25) is 6.04 Å². The summed E-state index contributed by atoms with van der Waals surface area (Å²) in [6.45, 7) is 2.75. The van der Waals surface area contributed by atoms with Crippen LogP contribution in [0.3, 0.4) is 0 Å². The average Bonchev–Trinajstić information content (AvgIpc) is 3.36. The SMILES string of the molecule is CO[Si](CCCN(CC1CO1)c1ccccc1)(OC)OC. The van der Waals surface area contributed by atoms with Crippen LogP contribution in [0.4, 0.5) is 5.69 Å². The minimum atomic E-state index is -2.47. The second-order valence-corrected chi connectivity index (χ2v) is 8.23. The standard InChI is InChI=1S/C15H25NO4Si/c1-17-21(18-2,19-3)11-7-10-16(12-15-13-20-15)14-8-5-4-6-9-14/h4-6,8-9,15H,7,10-13H2,1-3H3. The first-order valence-corrected chi connectivity index (χ1v) is 9.23.